The summed E-state index contributed by atoms with van der Waals surface area (Å²) in [4.78, 5) is 14.0. The van der Waals surface area contributed by atoms with Crippen LogP contribution in [0.2, 0.25) is 0 Å². The highest BCUT2D eigenvalue weighted by atomic mass is 32.2. The minimum absolute atomic E-state index is 0.192. The molecule has 1 saturated heterocycles. The van der Waals surface area contributed by atoms with Gasteiger partial charge in [0.05, 0.1) is 18.1 Å². The molecule has 110 valence electrons. The number of rotatable bonds is 3. The maximum Gasteiger partial charge on any atom is 0.241 e. The lowest BCUT2D eigenvalue weighted by Crippen LogP contribution is -2.47. The van der Waals surface area contributed by atoms with Crippen molar-refractivity contribution in [3.63, 3.8) is 0 Å². The van der Waals surface area contributed by atoms with Crippen molar-refractivity contribution in [2.24, 2.45) is 0 Å². The van der Waals surface area contributed by atoms with E-state index in [0.29, 0.717) is 26.3 Å². The second-order valence-electron chi connectivity index (χ2n) is 4.94. The van der Waals surface area contributed by atoms with Gasteiger partial charge in [-0.25, -0.2) is 8.42 Å². The Kier molecular flexibility index (Phi) is 4.45. The predicted octanol–water partition coefficient (Wildman–Crippen LogP) is 1.02. The molecular formula is C14H19NO4S. The molecular weight excluding hydrogens is 278 g/mol. The molecule has 1 unspecified atom stereocenters. The third-order valence-corrected chi connectivity index (χ3v) is 5.55. The molecule has 1 aromatic carbocycles. The van der Waals surface area contributed by atoms with Gasteiger partial charge < -0.3 is 9.64 Å². The Balaban J connectivity index is 2.20. The van der Waals surface area contributed by atoms with Crippen LogP contribution in [0.3, 0.4) is 0 Å². The van der Waals surface area contributed by atoms with Crippen molar-refractivity contribution in [1.29, 1.82) is 0 Å². The normalized spacial score (nSPS) is 17.8. The van der Waals surface area contributed by atoms with Crippen LogP contribution in [0, 0.1) is 6.92 Å². The summed E-state index contributed by atoms with van der Waals surface area (Å²) >= 11 is 0. The van der Waals surface area contributed by atoms with Gasteiger partial charge in [-0.3, -0.25) is 4.79 Å². The lowest BCUT2D eigenvalue weighted by molar-refractivity contribution is -0.134. The fourth-order valence-electron chi connectivity index (χ4n) is 2.11. The molecule has 20 heavy (non-hydrogen) atoms. The third kappa shape index (κ3) is 3.02. The number of benzene rings is 1. The second kappa shape index (κ2) is 5.93. The Labute approximate surface area is 119 Å². The molecule has 6 heteroatoms. The largest absolute Gasteiger partial charge is 0.378 e. The molecule has 0 radical (unpaired) electrons. The number of amides is 1. The molecule has 0 saturated carbocycles. The maximum atomic E-state index is 12.4. The van der Waals surface area contributed by atoms with Gasteiger partial charge in [-0.05, 0) is 26.0 Å². The topological polar surface area (TPSA) is 63.7 Å². The van der Waals surface area contributed by atoms with E-state index in [2.05, 4.69) is 0 Å². The molecule has 1 atom stereocenters. The zero-order valence-corrected chi connectivity index (χ0v) is 12.5. The van der Waals surface area contributed by atoms with E-state index >= 15 is 0 Å². The molecule has 1 fully saturated rings. The van der Waals surface area contributed by atoms with Crippen LogP contribution in [0.25, 0.3) is 0 Å². The quantitative estimate of drug-likeness (QED) is 0.835. The Morgan fingerprint density at radius 1 is 1.20 bits per heavy atom. The lowest BCUT2D eigenvalue weighted by Gasteiger charge is -2.29. The first kappa shape index (κ1) is 15.0. The smallest absolute Gasteiger partial charge is 0.241 e. The van der Waals surface area contributed by atoms with Crippen molar-refractivity contribution in [3.05, 3.63) is 29.8 Å². The van der Waals surface area contributed by atoms with E-state index < -0.39 is 15.1 Å². The number of hydrogen-bond acceptors (Lipinski definition) is 4. The summed E-state index contributed by atoms with van der Waals surface area (Å²) in [5.41, 5.74) is 0.983. The van der Waals surface area contributed by atoms with Crippen molar-refractivity contribution in [1.82, 2.24) is 4.90 Å². The van der Waals surface area contributed by atoms with E-state index in [1.165, 1.54) is 6.92 Å². The second-order valence-corrected chi connectivity index (χ2v) is 7.21. The number of morpholine rings is 1. The van der Waals surface area contributed by atoms with Gasteiger partial charge in [0.25, 0.3) is 0 Å². The van der Waals surface area contributed by atoms with Crippen molar-refractivity contribution in [2.45, 2.75) is 24.0 Å². The number of ether oxygens (including phenoxy) is 1. The van der Waals surface area contributed by atoms with Crippen LogP contribution in [0.15, 0.2) is 29.2 Å². The van der Waals surface area contributed by atoms with Crippen LogP contribution in [-0.4, -0.2) is 50.8 Å². The molecule has 0 aliphatic carbocycles. The van der Waals surface area contributed by atoms with Gasteiger partial charge in [0.2, 0.25) is 5.91 Å². The lowest BCUT2D eigenvalue weighted by atomic mass is 10.2. The van der Waals surface area contributed by atoms with Gasteiger partial charge in [-0.2, -0.15) is 0 Å². The number of aryl methyl sites for hydroxylation is 1. The van der Waals surface area contributed by atoms with Gasteiger partial charge in [-0.1, -0.05) is 17.7 Å². The number of sulfone groups is 1. The summed E-state index contributed by atoms with van der Waals surface area (Å²) in [6.07, 6.45) is 0. The molecule has 1 amide bonds. The Bertz CT molecular complexity index is 574. The van der Waals surface area contributed by atoms with Gasteiger partial charge in [0.1, 0.15) is 5.25 Å². The molecule has 0 N–H and O–H groups in total. The van der Waals surface area contributed by atoms with Crippen LogP contribution in [0.5, 0.6) is 0 Å². The summed E-state index contributed by atoms with van der Waals surface area (Å²) in [7, 11) is -3.64. The van der Waals surface area contributed by atoms with Gasteiger partial charge in [0.15, 0.2) is 9.84 Å². The first-order valence-electron chi connectivity index (χ1n) is 6.60. The zero-order valence-electron chi connectivity index (χ0n) is 11.7. The molecule has 1 aliphatic heterocycles. The monoisotopic (exact) mass is 297 g/mol. The Morgan fingerprint density at radius 3 is 2.30 bits per heavy atom. The molecule has 1 aromatic rings. The van der Waals surface area contributed by atoms with E-state index in [-0.39, 0.29) is 10.8 Å². The van der Waals surface area contributed by atoms with Crippen molar-refractivity contribution in [2.75, 3.05) is 26.3 Å². The minimum atomic E-state index is -3.64. The number of nitrogens with zero attached hydrogens (tertiary/aromatic N) is 1. The summed E-state index contributed by atoms with van der Waals surface area (Å²) < 4.78 is 30.1. The first-order valence-corrected chi connectivity index (χ1v) is 8.14. The third-order valence-electron chi connectivity index (χ3n) is 3.49. The molecule has 1 aliphatic rings. The van der Waals surface area contributed by atoms with Crippen LogP contribution in [0.4, 0.5) is 0 Å². The highest BCUT2D eigenvalue weighted by molar-refractivity contribution is 7.92. The van der Waals surface area contributed by atoms with E-state index in [1.54, 1.807) is 29.2 Å². The van der Waals surface area contributed by atoms with Crippen LogP contribution < -0.4 is 0 Å². The Hall–Kier alpha value is -1.40. The fourth-order valence-corrected chi connectivity index (χ4v) is 3.44. The summed E-state index contributed by atoms with van der Waals surface area (Å²) in [6, 6.07) is 6.57. The standard InChI is InChI=1S/C14H19NO4S/c1-11-3-5-13(6-4-11)20(17,18)12(2)14(16)15-7-9-19-10-8-15/h3-6,12H,7-10H2,1-2H3. The summed E-state index contributed by atoms with van der Waals surface area (Å²) in [5.74, 6) is -0.353. The van der Waals surface area contributed by atoms with E-state index in [0.717, 1.165) is 5.56 Å². The Morgan fingerprint density at radius 2 is 1.75 bits per heavy atom. The SMILES string of the molecule is Cc1ccc(S(=O)(=O)C(C)C(=O)N2CCOCC2)cc1. The van der Waals surface area contributed by atoms with Crippen molar-refractivity contribution >= 4 is 15.7 Å². The maximum absolute atomic E-state index is 12.4. The minimum Gasteiger partial charge on any atom is -0.378 e. The van der Waals surface area contributed by atoms with Crippen molar-refractivity contribution in [3.8, 4) is 0 Å². The number of carbonyl (C=O) groups is 1. The van der Waals surface area contributed by atoms with E-state index in [9.17, 15) is 13.2 Å². The van der Waals surface area contributed by atoms with E-state index in [4.69, 9.17) is 4.74 Å². The first-order chi connectivity index (χ1) is 9.43. The molecule has 2 rings (SSSR count). The molecule has 0 aromatic heterocycles. The number of carbonyl (C=O) groups excluding carboxylic acids is 1. The average molecular weight is 297 g/mol. The molecule has 5 nitrogen and oxygen atoms in total. The van der Waals surface area contributed by atoms with E-state index in [1.807, 2.05) is 6.92 Å². The van der Waals surface area contributed by atoms with Crippen LogP contribution in [0.1, 0.15) is 12.5 Å². The summed E-state index contributed by atoms with van der Waals surface area (Å²) in [6.45, 7) is 5.16. The molecule has 1 heterocycles. The average Bonchev–Trinajstić information content (AvgIpc) is 2.47. The highest BCUT2D eigenvalue weighted by Gasteiger charge is 2.33. The number of hydrogen-bond donors (Lipinski definition) is 0. The predicted molar refractivity (Wildman–Crippen MR) is 75.2 cm³/mol. The van der Waals surface area contributed by atoms with Gasteiger partial charge >= 0.3 is 0 Å². The van der Waals surface area contributed by atoms with Crippen LogP contribution in [-0.2, 0) is 19.4 Å². The fraction of sp³-hybridized carbons (Fsp3) is 0.500. The molecule has 0 spiro atoms. The van der Waals surface area contributed by atoms with Crippen LogP contribution >= 0.6 is 0 Å². The summed E-state index contributed by atoms with van der Waals surface area (Å²) in [5, 5.41) is -1.07. The van der Waals surface area contributed by atoms with Crippen molar-refractivity contribution < 1.29 is 17.9 Å². The van der Waals surface area contributed by atoms with Gasteiger partial charge in [0, 0.05) is 13.1 Å². The zero-order chi connectivity index (χ0) is 14.8. The highest BCUT2D eigenvalue weighted by Crippen LogP contribution is 2.18. The molecule has 0 bridgehead atoms. The van der Waals surface area contributed by atoms with Gasteiger partial charge in [-0.15, -0.1) is 0 Å².